The first-order valence-electron chi connectivity index (χ1n) is 6.17. The van der Waals surface area contributed by atoms with Gasteiger partial charge in [-0.25, -0.2) is 9.97 Å². The van der Waals surface area contributed by atoms with Crippen LogP contribution in [0.25, 0.3) is 10.9 Å². The van der Waals surface area contributed by atoms with E-state index in [9.17, 15) is 0 Å². The summed E-state index contributed by atoms with van der Waals surface area (Å²) >= 11 is 6.27. The number of halogens is 1. The fourth-order valence-electron chi connectivity index (χ4n) is 2.13. The molecule has 0 fully saturated rings. The highest BCUT2D eigenvalue weighted by molar-refractivity contribution is 6.30. The third kappa shape index (κ3) is 2.22. The molecule has 0 saturated carbocycles. The molecule has 0 bridgehead atoms. The summed E-state index contributed by atoms with van der Waals surface area (Å²) in [6, 6.07) is 10.1. The van der Waals surface area contributed by atoms with Gasteiger partial charge in [0, 0.05) is 16.6 Å². The van der Waals surface area contributed by atoms with Crippen molar-refractivity contribution in [2.75, 3.05) is 0 Å². The van der Waals surface area contributed by atoms with Gasteiger partial charge in [-0.1, -0.05) is 29.8 Å². The number of imidazole rings is 1. The number of rotatable bonds is 2. The van der Waals surface area contributed by atoms with Gasteiger partial charge in [-0.15, -0.1) is 0 Å². The van der Waals surface area contributed by atoms with Crippen molar-refractivity contribution in [1.82, 2.24) is 14.5 Å². The molecule has 0 aliphatic rings. The van der Waals surface area contributed by atoms with Gasteiger partial charge in [0.25, 0.3) is 0 Å². The maximum atomic E-state index is 6.27. The van der Waals surface area contributed by atoms with E-state index >= 15 is 0 Å². The lowest BCUT2D eigenvalue weighted by molar-refractivity contribution is 0.767. The zero-order chi connectivity index (χ0) is 13.4. The first-order chi connectivity index (χ1) is 9.15. The number of hydrogen-bond donors (Lipinski definition) is 0. The number of aromatic nitrogens is 3. The Balaban J connectivity index is 2.05. The van der Waals surface area contributed by atoms with Gasteiger partial charge in [-0.2, -0.15) is 0 Å². The Morgan fingerprint density at radius 1 is 1.21 bits per heavy atom. The van der Waals surface area contributed by atoms with Crippen LogP contribution in [0.1, 0.15) is 17.0 Å². The molecule has 4 heteroatoms. The number of hydrogen-bond acceptors (Lipinski definition) is 2. The number of nitrogens with zero attached hydrogens (tertiary/aromatic N) is 3. The predicted molar refractivity (Wildman–Crippen MR) is 77.6 cm³/mol. The molecule has 0 saturated heterocycles. The first-order valence-corrected chi connectivity index (χ1v) is 6.55. The van der Waals surface area contributed by atoms with Crippen molar-refractivity contribution in [2.45, 2.75) is 20.4 Å². The lowest BCUT2D eigenvalue weighted by Crippen LogP contribution is -2.02. The van der Waals surface area contributed by atoms with E-state index in [1.807, 2.05) is 37.5 Å². The fourth-order valence-corrected chi connectivity index (χ4v) is 2.34. The molecule has 2 heterocycles. The summed E-state index contributed by atoms with van der Waals surface area (Å²) in [5.74, 6) is 0. The van der Waals surface area contributed by atoms with Gasteiger partial charge in [-0.05, 0) is 26.0 Å². The van der Waals surface area contributed by atoms with Gasteiger partial charge in [0.05, 0.1) is 24.1 Å². The van der Waals surface area contributed by atoms with E-state index in [1.165, 1.54) is 0 Å². The van der Waals surface area contributed by atoms with E-state index in [0.29, 0.717) is 11.7 Å². The molecule has 0 amide bonds. The minimum Gasteiger partial charge on any atom is -0.330 e. The Morgan fingerprint density at radius 3 is 2.74 bits per heavy atom. The van der Waals surface area contributed by atoms with Crippen molar-refractivity contribution in [1.29, 1.82) is 0 Å². The Bertz CT molecular complexity index is 746. The molecule has 2 aromatic heterocycles. The first kappa shape index (κ1) is 12.2. The van der Waals surface area contributed by atoms with Crippen LogP contribution < -0.4 is 0 Å². The molecule has 0 aliphatic heterocycles. The highest BCUT2D eigenvalue weighted by Crippen LogP contribution is 2.22. The monoisotopic (exact) mass is 271 g/mol. The van der Waals surface area contributed by atoms with Gasteiger partial charge in [0.2, 0.25) is 0 Å². The van der Waals surface area contributed by atoms with Crippen molar-refractivity contribution in [3.05, 3.63) is 58.8 Å². The van der Waals surface area contributed by atoms with E-state index < -0.39 is 0 Å². The number of fused-ring (bicyclic) bond motifs is 1. The Morgan fingerprint density at radius 2 is 2.00 bits per heavy atom. The molecule has 3 aromatic rings. The van der Waals surface area contributed by atoms with Gasteiger partial charge < -0.3 is 4.57 Å². The molecular weight excluding hydrogens is 258 g/mol. The van der Waals surface area contributed by atoms with Crippen molar-refractivity contribution in [3.8, 4) is 0 Å². The molecular formula is C15H14ClN3. The van der Waals surface area contributed by atoms with Gasteiger partial charge in [0.15, 0.2) is 0 Å². The summed E-state index contributed by atoms with van der Waals surface area (Å²) in [6.07, 6.45) is 1.84. The SMILES string of the molecule is Cc1ncn(Cc2cc3ccccc3nc2Cl)c1C. The van der Waals surface area contributed by atoms with Crippen LogP contribution in [0.2, 0.25) is 5.15 Å². The van der Waals surface area contributed by atoms with Crippen LogP contribution in [0.3, 0.4) is 0 Å². The Labute approximate surface area is 116 Å². The minimum atomic E-state index is 0.560. The second-order valence-electron chi connectivity index (χ2n) is 4.67. The molecule has 0 aliphatic carbocycles. The van der Waals surface area contributed by atoms with E-state index in [-0.39, 0.29) is 0 Å². The van der Waals surface area contributed by atoms with Crippen LogP contribution in [0.15, 0.2) is 36.7 Å². The third-order valence-electron chi connectivity index (χ3n) is 3.44. The van der Waals surface area contributed by atoms with E-state index in [2.05, 4.69) is 27.5 Å². The van der Waals surface area contributed by atoms with Crippen molar-refractivity contribution < 1.29 is 0 Å². The highest BCUT2D eigenvalue weighted by atomic mass is 35.5. The van der Waals surface area contributed by atoms with Crippen LogP contribution >= 0.6 is 11.6 Å². The fraction of sp³-hybridized carbons (Fsp3) is 0.200. The highest BCUT2D eigenvalue weighted by Gasteiger charge is 2.08. The number of pyridine rings is 1. The Kier molecular flexibility index (Phi) is 2.99. The number of aryl methyl sites for hydroxylation is 1. The molecule has 0 unspecified atom stereocenters. The maximum Gasteiger partial charge on any atom is 0.134 e. The number of benzene rings is 1. The lowest BCUT2D eigenvalue weighted by atomic mass is 10.1. The van der Waals surface area contributed by atoms with Gasteiger partial charge in [0.1, 0.15) is 5.15 Å². The summed E-state index contributed by atoms with van der Waals surface area (Å²) in [5.41, 5.74) is 4.14. The lowest BCUT2D eigenvalue weighted by Gasteiger charge is -2.08. The smallest absolute Gasteiger partial charge is 0.134 e. The quantitative estimate of drug-likeness (QED) is 0.665. The van der Waals surface area contributed by atoms with Crippen molar-refractivity contribution in [2.24, 2.45) is 0 Å². The predicted octanol–water partition coefficient (Wildman–Crippen LogP) is 3.75. The third-order valence-corrected chi connectivity index (χ3v) is 3.76. The van der Waals surface area contributed by atoms with Crippen molar-refractivity contribution in [3.63, 3.8) is 0 Å². The molecule has 0 atom stereocenters. The summed E-state index contributed by atoms with van der Waals surface area (Å²) in [4.78, 5) is 8.74. The van der Waals surface area contributed by atoms with Gasteiger partial charge >= 0.3 is 0 Å². The average Bonchev–Trinajstić information content (AvgIpc) is 2.71. The zero-order valence-corrected chi connectivity index (χ0v) is 11.6. The van der Waals surface area contributed by atoms with Crippen molar-refractivity contribution >= 4 is 22.5 Å². The second kappa shape index (κ2) is 4.67. The molecule has 0 N–H and O–H groups in total. The molecule has 3 nitrogen and oxygen atoms in total. The molecule has 96 valence electrons. The zero-order valence-electron chi connectivity index (χ0n) is 10.9. The number of para-hydroxylation sites is 1. The maximum absolute atomic E-state index is 6.27. The topological polar surface area (TPSA) is 30.7 Å². The minimum absolute atomic E-state index is 0.560. The molecule has 19 heavy (non-hydrogen) atoms. The second-order valence-corrected chi connectivity index (χ2v) is 5.03. The van der Waals surface area contributed by atoms with E-state index in [1.54, 1.807) is 0 Å². The summed E-state index contributed by atoms with van der Waals surface area (Å²) in [6.45, 7) is 4.76. The van der Waals surface area contributed by atoms with E-state index in [4.69, 9.17) is 11.6 Å². The van der Waals surface area contributed by atoms with Crippen LogP contribution in [-0.4, -0.2) is 14.5 Å². The van der Waals surface area contributed by atoms with Crippen LogP contribution in [0.5, 0.6) is 0 Å². The summed E-state index contributed by atoms with van der Waals surface area (Å²) in [7, 11) is 0. The van der Waals surface area contributed by atoms with Gasteiger partial charge in [-0.3, -0.25) is 0 Å². The Hall–Kier alpha value is -1.87. The van der Waals surface area contributed by atoms with Crippen LogP contribution in [0.4, 0.5) is 0 Å². The standard InChI is InChI=1S/C15H14ClN3/c1-10-11(2)19(9-17-10)8-13-7-12-5-3-4-6-14(12)18-15(13)16/h3-7,9H,8H2,1-2H3. The molecule has 0 spiro atoms. The summed E-state index contributed by atoms with van der Waals surface area (Å²) in [5, 5.41) is 1.67. The van der Waals surface area contributed by atoms with Crippen LogP contribution in [0, 0.1) is 13.8 Å². The molecule has 3 rings (SSSR count). The average molecular weight is 272 g/mol. The largest absolute Gasteiger partial charge is 0.330 e. The molecule has 1 aromatic carbocycles. The molecule has 0 radical (unpaired) electrons. The van der Waals surface area contributed by atoms with E-state index in [0.717, 1.165) is 27.9 Å². The van der Waals surface area contributed by atoms with Crippen LogP contribution in [-0.2, 0) is 6.54 Å². The normalized spacial score (nSPS) is 11.1. The summed E-state index contributed by atoms with van der Waals surface area (Å²) < 4.78 is 2.09.